The van der Waals surface area contributed by atoms with Crippen molar-refractivity contribution in [3.8, 4) is 0 Å². The normalized spacial score (nSPS) is 17.7. The predicted molar refractivity (Wildman–Crippen MR) is 93.1 cm³/mol. The fraction of sp³-hybridized carbons (Fsp3) is 0.529. The van der Waals surface area contributed by atoms with Crippen LogP contribution in [0.1, 0.15) is 43.7 Å². The van der Waals surface area contributed by atoms with Gasteiger partial charge in [0.1, 0.15) is 5.82 Å². The molecule has 0 unspecified atom stereocenters. The first-order chi connectivity index (χ1) is 12.2. The predicted octanol–water partition coefficient (Wildman–Crippen LogP) is 3.00. The molecule has 0 radical (unpaired) electrons. The van der Waals surface area contributed by atoms with Crippen LogP contribution >= 0.6 is 11.8 Å². The Kier molecular flexibility index (Phi) is 4.70. The first kappa shape index (κ1) is 16.5. The quantitative estimate of drug-likeness (QED) is 0.784. The Balaban J connectivity index is 1.47. The van der Waals surface area contributed by atoms with E-state index in [1.54, 1.807) is 11.0 Å². The maximum Gasteiger partial charge on any atom is 0.237 e. The van der Waals surface area contributed by atoms with Gasteiger partial charge < -0.3 is 4.90 Å². The molecule has 1 amide bonds. The maximum absolute atomic E-state index is 14.2. The summed E-state index contributed by atoms with van der Waals surface area (Å²) in [5.74, 6) is -0.218. The number of tetrazole rings is 1. The number of fused-ring (bicyclic) bond motifs is 1. The third-order valence-corrected chi connectivity index (χ3v) is 5.85. The summed E-state index contributed by atoms with van der Waals surface area (Å²) in [6.45, 7) is 0.556. The number of carbonyl (C=O) groups excluding carboxylic acids is 1. The standard InChI is InChI=1S/C17H20FN5OS/c18-14-9-3-5-12-6-4-10-22(16(12)14)15(24)11-25-17-19-20-21-23(17)13-7-1-2-8-13/h3,5,9,13H,1-2,4,6-8,10-11H2. The smallest absolute Gasteiger partial charge is 0.237 e. The summed E-state index contributed by atoms with van der Waals surface area (Å²) < 4.78 is 16.1. The number of hydrogen-bond acceptors (Lipinski definition) is 5. The van der Waals surface area contributed by atoms with E-state index in [0.29, 0.717) is 23.4 Å². The van der Waals surface area contributed by atoms with E-state index in [-0.39, 0.29) is 17.5 Å². The molecule has 0 bridgehead atoms. The van der Waals surface area contributed by atoms with Crippen LogP contribution < -0.4 is 4.90 Å². The lowest BCUT2D eigenvalue weighted by molar-refractivity contribution is -0.116. The number of halogens is 1. The van der Waals surface area contributed by atoms with E-state index in [9.17, 15) is 9.18 Å². The highest BCUT2D eigenvalue weighted by atomic mass is 32.2. The van der Waals surface area contributed by atoms with E-state index in [0.717, 1.165) is 31.2 Å². The number of aryl methyl sites for hydroxylation is 1. The van der Waals surface area contributed by atoms with E-state index in [1.165, 1.54) is 30.7 Å². The molecular weight excluding hydrogens is 341 g/mol. The van der Waals surface area contributed by atoms with E-state index >= 15 is 0 Å². The van der Waals surface area contributed by atoms with Gasteiger partial charge in [0.2, 0.25) is 11.1 Å². The van der Waals surface area contributed by atoms with Crippen LogP contribution in [0.15, 0.2) is 23.4 Å². The highest BCUT2D eigenvalue weighted by Crippen LogP contribution is 2.33. The molecule has 8 heteroatoms. The zero-order chi connectivity index (χ0) is 17.2. The summed E-state index contributed by atoms with van der Waals surface area (Å²) in [5, 5.41) is 12.6. The van der Waals surface area contributed by atoms with Gasteiger partial charge >= 0.3 is 0 Å². The van der Waals surface area contributed by atoms with Crippen molar-refractivity contribution < 1.29 is 9.18 Å². The molecule has 2 aliphatic rings. The lowest BCUT2D eigenvalue weighted by Crippen LogP contribution is -2.37. The Labute approximate surface area is 149 Å². The van der Waals surface area contributed by atoms with Gasteiger partial charge in [0, 0.05) is 6.54 Å². The Hall–Kier alpha value is -1.96. The van der Waals surface area contributed by atoms with Gasteiger partial charge in [-0.1, -0.05) is 36.7 Å². The molecule has 0 saturated heterocycles. The number of nitrogens with zero attached hydrogens (tertiary/aromatic N) is 5. The SMILES string of the molecule is O=C(CSc1nnnn1C1CCCC1)N1CCCc2cccc(F)c21. The van der Waals surface area contributed by atoms with Crippen molar-refractivity contribution in [3.05, 3.63) is 29.6 Å². The van der Waals surface area contributed by atoms with Gasteiger partial charge in [-0.25, -0.2) is 9.07 Å². The van der Waals surface area contributed by atoms with Crippen molar-refractivity contribution in [3.63, 3.8) is 0 Å². The zero-order valence-electron chi connectivity index (χ0n) is 13.9. The number of aromatic nitrogens is 4. The molecule has 1 fully saturated rings. The van der Waals surface area contributed by atoms with Gasteiger partial charge in [0.15, 0.2) is 0 Å². The molecule has 4 rings (SSSR count). The van der Waals surface area contributed by atoms with Crippen molar-refractivity contribution in [2.24, 2.45) is 0 Å². The van der Waals surface area contributed by atoms with Crippen molar-refractivity contribution in [2.75, 3.05) is 17.2 Å². The molecule has 1 aliphatic carbocycles. The highest BCUT2D eigenvalue weighted by molar-refractivity contribution is 7.99. The molecule has 1 aromatic heterocycles. The lowest BCUT2D eigenvalue weighted by atomic mass is 10.0. The minimum Gasteiger partial charge on any atom is -0.309 e. The number of para-hydroxylation sites is 1. The average molecular weight is 361 g/mol. The molecular formula is C17H20FN5OS. The molecule has 0 N–H and O–H groups in total. The molecule has 132 valence electrons. The molecule has 0 atom stereocenters. The zero-order valence-corrected chi connectivity index (χ0v) is 14.7. The van der Waals surface area contributed by atoms with Gasteiger partial charge in [-0.15, -0.1) is 5.10 Å². The van der Waals surface area contributed by atoms with E-state index in [1.807, 2.05) is 10.7 Å². The van der Waals surface area contributed by atoms with Crippen LogP contribution in [-0.2, 0) is 11.2 Å². The molecule has 1 aromatic carbocycles. The first-order valence-electron chi connectivity index (χ1n) is 8.72. The third kappa shape index (κ3) is 3.27. The average Bonchev–Trinajstić information content (AvgIpc) is 3.30. The second-order valence-corrected chi connectivity index (χ2v) is 7.47. The summed E-state index contributed by atoms with van der Waals surface area (Å²) in [7, 11) is 0. The van der Waals surface area contributed by atoms with Gasteiger partial charge in [0.05, 0.1) is 17.5 Å². The number of benzene rings is 1. The van der Waals surface area contributed by atoms with E-state index in [2.05, 4.69) is 15.5 Å². The summed E-state index contributed by atoms with van der Waals surface area (Å²) >= 11 is 1.34. The third-order valence-electron chi connectivity index (χ3n) is 4.93. The van der Waals surface area contributed by atoms with Crippen molar-refractivity contribution in [1.82, 2.24) is 20.2 Å². The second kappa shape index (κ2) is 7.11. The van der Waals surface area contributed by atoms with E-state index < -0.39 is 0 Å². The molecule has 2 heterocycles. The fourth-order valence-corrected chi connectivity index (χ4v) is 4.54. The first-order valence-corrected chi connectivity index (χ1v) is 9.71. The van der Waals surface area contributed by atoms with Gasteiger partial charge in [-0.05, 0) is 47.7 Å². The summed E-state index contributed by atoms with van der Waals surface area (Å²) in [4.78, 5) is 14.3. The van der Waals surface area contributed by atoms with Crippen LogP contribution in [0, 0.1) is 5.82 Å². The maximum atomic E-state index is 14.2. The minimum atomic E-state index is -0.327. The van der Waals surface area contributed by atoms with Crippen LogP contribution in [0.25, 0.3) is 0 Å². The Morgan fingerprint density at radius 1 is 1.28 bits per heavy atom. The molecule has 1 aliphatic heterocycles. The summed E-state index contributed by atoms with van der Waals surface area (Å²) in [6, 6.07) is 5.34. The van der Waals surface area contributed by atoms with Crippen LogP contribution in [0.2, 0.25) is 0 Å². The van der Waals surface area contributed by atoms with Gasteiger partial charge in [0.25, 0.3) is 0 Å². The molecule has 0 spiro atoms. The molecule has 2 aromatic rings. The largest absolute Gasteiger partial charge is 0.309 e. The number of rotatable bonds is 4. The second-order valence-electron chi connectivity index (χ2n) is 6.53. The molecule has 1 saturated carbocycles. The number of hydrogen-bond donors (Lipinski definition) is 0. The number of carbonyl (C=O) groups is 1. The van der Waals surface area contributed by atoms with E-state index in [4.69, 9.17) is 0 Å². The number of thioether (sulfide) groups is 1. The Bertz CT molecular complexity index is 774. The van der Waals surface area contributed by atoms with Crippen molar-refractivity contribution >= 4 is 23.4 Å². The van der Waals surface area contributed by atoms with Crippen LogP contribution in [0.5, 0.6) is 0 Å². The molecule has 25 heavy (non-hydrogen) atoms. The van der Waals surface area contributed by atoms with Crippen LogP contribution in [0.3, 0.4) is 0 Å². The Morgan fingerprint density at radius 2 is 2.12 bits per heavy atom. The van der Waals surface area contributed by atoms with Crippen molar-refractivity contribution in [1.29, 1.82) is 0 Å². The summed E-state index contributed by atoms with van der Waals surface area (Å²) in [6.07, 6.45) is 6.21. The number of anilines is 1. The highest BCUT2D eigenvalue weighted by Gasteiger charge is 2.27. The van der Waals surface area contributed by atoms with Crippen molar-refractivity contribution in [2.45, 2.75) is 49.7 Å². The van der Waals surface area contributed by atoms with Crippen LogP contribution in [0.4, 0.5) is 10.1 Å². The van der Waals surface area contributed by atoms with Gasteiger partial charge in [-0.3, -0.25) is 4.79 Å². The fourth-order valence-electron chi connectivity index (χ4n) is 3.72. The minimum absolute atomic E-state index is 0.1000. The summed E-state index contributed by atoms with van der Waals surface area (Å²) in [5.41, 5.74) is 1.34. The van der Waals surface area contributed by atoms with Crippen LogP contribution in [-0.4, -0.2) is 38.4 Å². The Morgan fingerprint density at radius 3 is 2.96 bits per heavy atom. The monoisotopic (exact) mass is 361 g/mol. The van der Waals surface area contributed by atoms with Gasteiger partial charge in [-0.2, -0.15) is 0 Å². The lowest BCUT2D eigenvalue weighted by Gasteiger charge is -2.29. The topological polar surface area (TPSA) is 63.9 Å². The number of amides is 1. The molecule has 6 nitrogen and oxygen atoms in total.